The van der Waals surface area contributed by atoms with E-state index in [1.54, 1.807) is 18.2 Å². The van der Waals surface area contributed by atoms with Crippen molar-refractivity contribution in [2.45, 2.75) is 4.90 Å². The molecule has 4 aromatic rings. The molecule has 162 valence electrons. The molecule has 6 nitrogen and oxygen atoms in total. The lowest BCUT2D eigenvalue weighted by molar-refractivity contribution is -0.114. The molecular weight excluding hydrogens is 436 g/mol. The van der Waals surface area contributed by atoms with Gasteiger partial charge in [0.15, 0.2) is 0 Å². The largest absolute Gasteiger partial charge is 0.325 e. The van der Waals surface area contributed by atoms with Gasteiger partial charge in [0, 0.05) is 28.9 Å². The molecule has 0 fully saturated rings. The Kier molecular flexibility index (Phi) is 5.83. The third kappa shape index (κ3) is 4.42. The van der Waals surface area contributed by atoms with Crippen molar-refractivity contribution in [2.24, 2.45) is 0 Å². The van der Waals surface area contributed by atoms with Crippen LogP contribution in [0.2, 0.25) is 0 Å². The number of fused-ring (bicyclic) bond motifs is 1. The number of amides is 1. The molecule has 1 N–H and O–H groups in total. The maximum atomic E-state index is 13.6. The van der Waals surface area contributed by atoms with Gasteiger partial charge in [0.2, 0.25) is 5.91 Å². The number of sulfonamides is 1. The molecule has 0 atom stereocenters. The molecule has 1 aromatic heterocycles. The molecule has 32 heavy (non-hydrogen) atoms. The predicted molar refractivity (Wildman–Crippen MR) is 118 cm³/mol. The number of rotatable bonds is 6. The molecule has 0 saturated carbocycles. The van der Waals surface area contributed by atoms with Crippen LogP contribution in [0, 0.1) is 11.6 Å². The number of anilines is 2. The molecule has 1 amide bonds. The van der Waals surface area contributed by atoms with Gasteiger partial charge in [-0.1, -0.05) is 12.1 Å². The van der Waals surface area contributed by atoms with Crippen LogP contribution in [0.1, 0.15) is 0 Å². The molecule has 0 bridgehead atoms. The zero-order chi connectivity index (χ0) is 22.7. The number of pyridine rings is 1. The highest BCUT2D eigenvalue weighted by molar-refractivity contribution is 7.93. The first-order valence-corrected chi connectivity index (χ1v) is 10.9. The molecule has 0 aliphatic rings. The first-order valence-electron chi connectivity index (χ1n) is 9.51. The number of carbonyl (C=O) groups is 1. The Hall–Kier alpha value is -3.85. The Labute approximate surface area is 183 Å². The van der Waals surface area contributed by atoms with Gasteiger partial charge >= 0.3 is 0 Å². The van der Waals surface area contributed by atoms with Crippen LogP contribution in [0.25, 0.3) is 10.8 Å². The molecular formula is C23H17F2N3O3S. The molecule has 0 aliphatic heterocycles. The fraction of sp³-hybridized carbons (Fsp3) is 0.0435. The summed E-state index contributed by atoms with van der Waals surface area (Å²) < 4.78 is 54.8. The average Bonchev–Trinajstić information content (AvgIpc) is 2.79. The Bertz CT molecular complexity index is 1370. The fourth-order valence-corrected chi connectivity index (χ4v) is 4.86. The lowest BCUT2D eigenvalue weighted by atomic mass is 10.2. The second-order valence-electron chi connectivity index (χ2n) is 6.90. The number of halogens is 2. The second-order valence-corrected chi connectivity index (χ2v) is 8.73. The van der Waals surface area contributed by atoms with E-state index in [0.717, 1.165) is 16.4 Å². The van der Waals surface area contributed by atoms with Gasteiger partial charge in [0.25, 0.3) is 10.0 Å². The smallest absolute Gasteiger partial charge is 0.265 e. The predicted octanol–water partition coefficient (Wildman–Crippen LogP) is 4.35. The van der Waals surface area contributed by atoms with Crippen LogP contribution in [0.5, 0.6) is 0 Å². The van der Waals surface area contributed by atoms with Gasteiger partial charge in [-0.3, -0.25) is 14.1 Å². The second kappa shape index (κ2) is 8.72. The zero-order valence-corrected chi connectivity index (χ0v) is 17.4. The molecule has 0 aliphatic carbocycles. The molecule has 0 radical (unpaired) electrons. The summed E-state index contributed by atoms with van der Waals surface area (Å²) in [5.74, 6) is -1.66. The Morgan fingerprint density at radius 3 is 2.25 bits per heavy atom. The zero-order valence-electron chi connectivity index (χ0n) is 16.6. The quantitative estimate of drug-likeness (QED) is 0.471. The number of carbonyl (C=O) groups excluding carboxylic acids is 1. The van der Waals surface area contributed by atoms with Crippen molar-refractivity contribution in [1.82, 2.24) is 4.98 Å². The van der Waals surface area contributed by atoms with E-state index < -0.39 is 34.1 Å². The molecule has 0 saturated heterocycles. The topological polar surface area (TPSA) is 79.4 Å². The van der Waals surface area contributed by atoms with Crippen LogP contribution in [0.15, 0.2) is 90.1 Å². The normalized spacial score (nSPS) is 11.3. The van der Waals surface area contributed by atoms with Gasteiger partial charge in [-0.05, 0) is 60.7 Å². The Morgan fingerprint density at radius 1 is 0.906 bits per heavy atom. The summed E-state index contributed by atoms with van der Waals surface area (Å²) in [6, 6.07) is 16.2. The third-order valence-electron chi connectivity index (χ3n) is 4.74. The van der Waals surface area contributed by atoms with E-state index in [-0.39, 0.29) is 10.6 Å². The first-order chi connectivity index (χ1) is 15.3. The number of benzene rings is 3. The summed E-state index contributed by atoms with van der Waals surface area (Å²) in [5, 5.41) is 3.60. The number of nitrogens with zero attached hydrogens (tertiary/aromatic N) is 2. The summed E-state index contributed by atoms with van der Waals surface area (Å²) in [7, 11) is -4.23. The van der Waals surface area contributed by atoms with E-state index in [9.17, 15) is 22.0 Å². The summed E-state index contributed by atoms with van der Waals surface area (Å²) >= 11 is 0. The van der Waals surface area contributed by atoms with E-state index in [2.05, 4.69) is 10.3 Å². The molecule has 4 rings (SSSR count). The standard InChI is InChI=1S/C23H17F2N3O3S/c24-17-4-8-19(9-5-17)27-23(29)15-28(20-10-6-18(25)7-11-20)32(30,31)22-3-1-2-16-14-26-13-12-21(16)22/h1-14H,15H2,(H,27,29). The number of nitrogens with one attached hydrogen (secondary N) is 1. The van der Waals surface area contributed by atoms with Gasteiger partial charge in [-0.25, -0.2) is 17.2 Å². The van der Waals surface area contributed by atoms with Gasteiger partial charge in [-0.15, -0.1) is 0 Å². The summed E-state index contributed by atoms with van der Waals surface area (Å²) in [5.41, 5.74) is 0.427. The SMILES string of the molecule is O=C(CN(c1ccc(F)cc1)S(=O)(=O)c1cccc2cnccc12)Nc1ccc(F)cc1. The van der Waals surface area contributed by atoms with Crippen molar-refractivity contribution in [1.29, 1.82) is 0 Å². The average molecular weight is 453 g/mol. The van der Waals surface area contributed by atoms with E-state index >= 15 is 0 Å². The first kappa shape index (κ1) is 21.4. The Morgan fingerprint density at radius 2 is 1.56 bits per heavy atom. The summed E-state index contributed by atoms with van der Waals surface area (Å²) in [6.07, 6.45) is 3.02. The van der Waals surface area contributed by atoms with Gasteiger partial charge in [0.05, 0.1) is 10.6 Å². The van der Waals surface area contributed by atoms with Crippen molar-refractivity contribution in [3.8, 4) is 0 Å². The van der Waals surface area contributed by atoms with Crippen LogP contribution >= 0.6 is 0 Å². The minimum atomic E-state index is -4.23. The fourth-order valence-electron chi connectivity index (χ4n) is 3.22. The van der Waals surface area contributed by atoms with Crippen molar-refractivity contribution < 1.29 is 22.0 Å². The molecule has 3 aromatic carbocycles. The number of aromatic nitrogens is 1. The lowest BCUT2D eigenvalue weighted by Gasteiger charge is -2.24. The van der Waals surface area contributed by atoms with Crippen LogP contribution in [0.3, 0.4) is 0 Å². The number of hydrogen-bond donors (Lipinski definition) is 1. The molecule has 0 unspecified atom stereocenters. The highest BCUT2D eigenvalue weighted by Gasteiger charge is 2.29. The third-order valence-corrected chi connectivity index (χ3v) is 6.57. The highest BCUT2D eigenvalue weighted by atomic mass is 32.2. The molecule has 1 heterocycles. The van der Waals surface area contributed by atoms with E-state index in [1.807, 2.05) is 0 Å². The van der Waals surface area contributed by atoms with Crippen molar-refractivity contribution in [3.63, 3.8) is 0 Å². The van der Waals surface area contributed by atoms with Crippen LogP contribution in [0.4, 0.5) is 20.2 Å². The summed E-state index contributed by atoms with van der Waals surface area (Å²) in [4.78, 5) is 16.7. The minimum absolute atomic E-state index is 0.0173. The number of hydrogen-bond acceptors (Lipinski definition) is 4. The van der Waals surface area contributed by atoms with E-state index in [4.69, 9.17) is 0 Å². The highest BCUT2D eigenvalue weighted by Crippen LogP contribution is 2.29. The van der Waals surface area contributed by atoms with Crippen molar-refractivity contribution in [3.05, 3.63) is 96.8 Å². The Balaban J connectivity index is 1.74. The van der Waals surface area contributed by atoms with Gasteiger partial charge in [-0.2, -0.15) is 0 Å². The van der Waals surface area contributed by atoms with Crippen molar-refractivity contribution in [2.75, 3.05) is 16.2 Å². The minimum Gasteiger partial charge on any atom is -0.325 e. The molecule has 9 heteroatoms. The van der Waals surface area contributed by atoms with E-state index in [1.165, 1.54) is 54.9 Å². The van der Waals surface area contributed by atoms with Crippen LogP contribution in [-0.4, -0.2) is 25.9 Å². The van der Waals surface area contributed by atoms with Gasteiger partial charge in [0.1, 0.15) is 18.2 Å². The maximum Gasteiger partial charge on any atom is 0.265 e. The van der Waals surface area contributed by atoms with E-state index in [0.29, 0.717) is 16.5 Å². The van der Waals surface area contributed by atoms with Crippen LogP contribution in [-0.2, 0) is 14.8 Å². The van der Waals surface area contributed by atoms with Crippen LogP contribution < -0.4 is 9.62 Å². The summed E-state index contributed by atoms with van der Waals surface area (Å²) in [6.45, 7) is -0.577. The lowest BCUT2D eigenvalue weighted by Crippen LogP contribution is -2.38. The molecule has 0 spiro atoms. The van der Waals surface area contributed by atoms with Crippen molar-refractivity contribution >= 4 is 38.1 Å². The monoisotopic (exact) mass is 453 g/mol. The maximum absolute atomic E-state index is 13.6. The van der Waals surface area contributed by atoms with Gasteiger partial charge < -0.3 is 5.32 Å².